The first-order chi connectivity index (χ1) is 14.7. The Bertz CT molecular complexity index is 1230. The van der Waals surface area contributed by atoms with Crippen LogP contribution in [0.5, 0.6) is 0 Å². The molecule has 1 aliphatic heterocycles. The van der Waals surface area contributed by atoms with E-state index in [0.717, 1.165) is 23.1 Å². The fourth-order valence-corrected chi connectivity index (χ4v) is 4.64. The number of hydrogen-bond acceptors (Lipinski definition) is 4. The van der Waals surface area contributed by atoms with Gasteiger partial charge in [0.05, 0.1) is 23.7 Å². The molecule has 0 saturated heterocycles. The van der Waals surface area contributed by atoms with E-state index >= 15 is 0 Å². The second-order valence-electron chi connectivity index (χ2n) is 7.53. The van der Waals surface area contributed by atoms with Gasteiger partial charge in [-0.05, 0) is 42.0 Å². The Morgan fingerprint density at radius 2 is 2.03 bits per heavy atom. The summed E-state index contributed by atoms with van der Waals surface area (Å²) in [6, 6.07) is 16.4. The Morgan fingerprint density at radius 1 is 1.17 bits per heavy atom. The normalized spacial score (nSPS) is 14.2. The standard InChI is InChI=1S/C24H22N4OS/c1-17-14-21(22-15-25-28(23(22)26-17)16-20-8-5-13-30-20)24(29)27-11-9-19(10-12-27)18-6-3-2-4-7-18/h2-9,13-15H,10-12,16H2,1H3. The van der Waals surface area contributed by atoms with E-state index < -0.39 is 0 Å². The summed E-state index contributed by atoms with van der Waals surface area (Å²) >= 11 is 1.70. The number of hydrogen-bond donors (Lipinski definition) is 0. The Kier molecular flexibility index (Phi) is 4.93. The van der Waals surface area contributed by atoms with Gasteiger partial charge >= 0.3 is 0 Å². The predicted molar refractivity (Wildman–Crippen MR) is 121 cm³/mol. The minimum absolute atomic E-state index is 0.0459. The molecule has 4 heterocycles. The highest BCUT2D eigenvalue weighted by molar-refractivity contribution is 7.09. The van der Waals surface area contributed by atoms with Gasteiger partial charge in [0.25, 0.3) is 5.91 Å². The number of aryl methyl sites for hydroxylation is 1. The highest BCUT2D eigenvalue weighted by Crippen LogP contribution is 2.26. The maximum atomic E-state index is 13.4. The van der Waals surface area contributed by atoms with Crippen LogP contribution in [0.1, 0.15) is 32.9 Å². The number of thiophene rings is 1. The number of nitrogens with zero attached hydrogens (tertiary/aromatic N) is 4. The number of fused-ring (bicyclic) bond motifs is 1. The largest absolute Gasteiger partial charge is 0.335 e. The fraction of sp³-hybridized carbons (Fsp3) is 0.208. The van der Waals surface area contributed by atoms with Crippen molar-refractivity contribution in [3.63, 3.8) is 0 Å². The Labute approximate surface area is 179 Å². The van der Waals surface area contributed by atoms with Gasteiger partial charge in [-0.1, -0.05) is 42.5 Å². The third-order valence-corrected chi connectivity index (χ3v) is 6.36. The van der Waals surface area contributed by atoms with E-state index in [1.807, 2.05) is 34.7 Å². The van der Waals surface area contributed by atoms with Gasteiger partial charge in [0, 0.05) is 23.7 Å². The van der Waals surface area contributed by atoms with Crippen LogP contribution in [0, 0.1) is 6.92 Å². The van der Waals surface area contributed by atoms with Crippen molar-refractivity contribution in [2.24, 2.45) is 0 Å². The third-order valence-electron chi connectivity index (χ3n) is 5.49. The number of pyridine rings is 1. The molecule has 0 saturated carbocycles. The summed E-state index contributed by atoms with van der Waals surface area (Å²) in [6.45, 7) is 3.93. The van der Waals surface area contributed by atoms with Crippen LogP contribution in [-0.2, 0) is 6.54 Å². The van der Waals surface area contributed by atoms with Gasteiger partial charge in [-0.3, -0.25) is 4.79 Å². The summed E-state index contributed by atoms with van der Waals surface area (Å²) in [4.78, 5) is 21.2. The molecule has 0 spiro atoms. The molecule has 0 bridgehead atoms. The summed E-state index contributed by atoms with van der Waals surface area (Å²) in [7, 11) is 0. The van der Waals surface area contributed by atoms with E-state index in [9.17, 15) is 4.79 Å². The van der Waals surface area contributed by atoms with E-state index in [2.05, 4.69) is 51.9 Å². The van der Waals surface area contributed by atoms with Crippen LogP contribution in [-0.4, -0.2) is 38.7 Å². The van der Waals surface area contributed by atoms with Gasteiger partial charge in [0.15, 0.2) is 5.65 Å². The minimum atomic E-state index is 0.0459. The van der Waals surface area contributed by atoms with Gasteiger partial charge < -0.3 is 4.90 Å². The lowest BCUT2D eigenvalue weighted by Crippen LogP contribution is -2.34. The molecule has 6 heteroatoms. The van der Waals surface area contributed by atoms with Crippen molar-refractivity contribution in [3.05, 3.63) is 87.9 Å². The van der Waals surface area contributed by atoms with Crippen LogP contribution in [0.25, 0.3) is 16.6 Å². The van der Waals surface area contributed by atoms with Gasteiger partial charge in [0.2, 0.25) is 0 Å². The van der Waals surface area contributed by atoms with Crippen molar-refractivity contribution in [2.75, 3.05) is 13.1 Å². The summed E-state index contributed by atoms with van der Waals surface area (Å²) in [5.74, 6) is 0.0459. The van der Waals surface area contributed by atoms with Crippen LogP contribution in [0.15, 0.2) is 66.2 Å². The maximum Gasteiger partial charge on any atom is 0.255 e. The number of aromatic nitrogens is 3. The molecular weight excluding hydrogens is 392 g/mol. The first-order valence-electron chi connectivity index (χ1n) is 10.1. The zero-order valence-corrected chi connectivity index (χ0v) is 17.6. The maximum absolute atomic E-state index is 13.4. The molecule has 3 aromatic heterocycles. The van der Waals surface area contributed by atoms with Gasteiger partial charge in [0.1, 0.15) is 0 Å². The van der Waals surface area contributed by atoms with Crippen molar-refractivity contribution < 1.29 is 4.79 Å². The van der Waals surface area contributed by atoms with E-state index in [0.29, 0.717) is 25.2 Å². The first kappa shape index (κ1) is 18.8. The van der Waals surface area contributed by atoms with E-state index in [4.69, 9.17) is 0 Å². The number of benzene rings is 1. The molecule has 150 valence electrons. The van der Waals surface area contributed by atoms with Crippen molar-refractivity contribution >= 4 is 33.9 Å². The molecule has 30 heavy (non-hydrogen) atoms. The molecule has 0 N–H and O–H groups in total. The first-order valence-corrected chi connectivity index (χ1v) is 11.0. The smallest absolute Gasteiger partial charge is 0.255 e. The molecule has 5 rings (SSSR count). The lowest BCUT2D eigenvalue weighted by molar-refractivity contribution is 0.0774. The fourth-order valence-electron chi connectivity index (χ4n) is 3.95. The summed E-state index contributed by atoms with van der Waals surface area (Å²) in [6.07, 6.45) is 4.81. The van der Waals surface area contributed by atoms with E-state index in [1.54, 1.807) is 17.5 Å². The molecule has 1 aromatic carbocycles. The van der Waals surface area contributed by atoms with Crippen molar-refractivity contribution in [3.8, 4) is 0 Å². The lowest BCUT2D eigenvalue weighted by Gasteiger charge is -2.27. The van der Waals surface area contributed by atoms with Gasteiger partial charge in [-0.15, -0.1) is 11.3 Å². The molecule has 4 aromatic rings. The molecule has 0 radical (unpaired) electrons. The number of carbonyl (C=O) groups excluding carboxylic acids is 1. The third kappa shape index (κ3) is 3.55. The quantitative estimate of drug-likeness (QED) is 0.483. The number of amides is 1. The topological polar surface area (TPSA) is 51.0 Å². The molecule has 0 aliphatic carbocycles. The van der Waals surface area contributed by atoms with Crippen molar-refractivity contribution in [1.82, 2.24) is 19.7 Å². The zero-order chi connectivity index (χ0) is 20.5. The highest BCUT2D eigenvalue weighted by atomic mass is 32.1. The molecule has 0 atom stereocenters. The molecule has 1 amide bonds. The average Bonchev–Trinajstić information content (AvgIpc) is 3.44. The Balaban J connectivity index is 1.43. The van der Waals surface area contributed by atoms with Gasteiger partial charge in [-0.2, -0.15) is 5.10 Å². The minimum Gasteiger partial charge on any atom is -0.335 e. The molecule has 1 aliphatic rings. The van der Waals surface area contributed by atoms with Crippen LogP contribution in [0.2, 0.25) is 0 Å². The second kappa shape index (κ2) is 7.88. The molecule has 0 unspecified atom stereocenters. The molecule has 5 nitrogen and oxygen atoms in total. The van der Waals surface area contributed by atoms with Crippen LogP contribution >= 0.6 is 11.3 Å². The highest BCUT2D eigenvalue weighted by Gasteiger charge is 2.23. The summed E-state index contributed by atoms with van der Waals surface area (Å²) in [5.41, 5.74) is 4.83. The van der Waals surface area contributed by atoms with Crippen LogP contribution in [0.4, 0.5) is 0 Å². The van der Waals surface area contributed by atoms with Gasteiger partial charge in [-0.25, -0.2) is 9.67 Å². The van der Waals surface area contributed by atoms with Crippen molar-refractivity contribution in [1.29, 1.82) is 0 Å². The molecule has 0 fully saturated rings. The Morgan fingerprint density at radius 3 is 2.77 bits per heavy atom. The van der Waals surface area contributed by atoms with Crippen LogP contribution < -0.4 is 0 Å². The van der Waals surface area contributed by atoms with Crippen molar-refractivity contribution in [2.45, 2.75) is 19.9 Å². The summed E-state index contributed by atoms with van der Waals surface area (Å²) < 4.78 is 1.88. The van der Waals surface area contributed by atoms with Crippen LogP contribution in [0.3, 0.4) is 0 Å². The SMILES string of the molecule is Cc1cc(C(=O)N2CC=C(c3ccccc3)CC2)c2cnn(Cc3cccs3)c2n1. The average molecular weight is 415 g/mol. The number of carbonyl (C=O) groups is 1. The lowest BCUT2D eigenvalue weighted by atomic mass is 9.99. The zero-order valence-electron chi connectivity index (χ0n) is 16.8. The predicted octanol–water partition coefficient (Wildman–Crippen LogP) is 4.78. The number of rotatable bonds is 4. The van der Waals surface area contributed by atoms with E-state index in [1.165, 1.54) is 16.0 Å². The monoisotopic (exact) mass is 414 g/mol. The molecular formula is C24H22N4OS. The second-order valence-corrected chi connectivity index (χ2v) is 8.56. The summed E-state index contributed by atoms with van der Waals surface area (Å²) in [5, 5.41) is 7.41. The van der Waals surface area contributed by atoms with E-state index in [-0.39, 0.29) is 5.91 Å². The Hall–Kier alpha value is -3.25.